The largest absolute Gasteiger partial charge is 0.369 e. The molecule has 0 N–H and O–H groups in total. The Labute approximate surface area is 134 Å². The Kier molecular flexibility index (Phi) is 4.15. The summed E-state index contributed by atoms with van der Waals surface area (Å²) < 4.78 is 0. The first kappa shape index (κ1) is 15.3. The monoisotopic (exact) mass is 314 g/mol. The second-order valence-corrected chi connectivity index (χ2v) is 6.01. The molecule has 0 radical (unpaired) electrons. The van der Waals surface area contributed by atoms with Gasteiger partial charge in [-0.05, 0) is 25.3 Å². The molecule has 1 aromatic rings. The number of nitrogens with zero attached hydrogens (tertiary/aromatic N) is 4. The van der Waals surface area contributed by atoms with Gasteiger partial charge < -0.3 is 9.80 Å². The minimum Gasteiger partial charge on any atom is -0.369 e. The molecule has 1 amide bonds. The smallest absolute Gasteiger partial charge is 0.270 e. The zero-order valence-corrected chi connectivity index (χ0v) is 12.8. The van der Waals surface area contributed by atoms with Crippen LogP contribution in [0.2, 0.25) is 0 Å². The van der Waals surface area contributed by atoms with E-state index in [9.17, 15) is 20.2 Å². The number of non-ortho nitro benzene ring substituents is 1. The zero-order valence-electron chi connectivity index (χ0n) is 12.8. The Morgan fingerprint density at radius 1 is 1.26 bits per heavy atom. The van der Waals surface area contributed by atoms with Crippen LogP contribution in [-0.4, -0.2) is 41.9 Å². The van der Waals surface area contributed by atoms with E-state index in [4.69, 9.17) is 0 Å². The Balaban J connectivity index is 1.75. The van der Waals surface area contributed by atoms with Gasteiger partial charge >= 0.3 is 0 Å². The molecule has 2 aliphatic rings. The van der Waals surface area contributed by atoms with Crippen LogP contribution in [0.5, 0.6) is 0 Å². The minimum atomic E-state index is -0.497. The number of carbonyl (C=O) groups is 1. The number of carbonyl (C=O) groups excluding carboxylic acids is 1. The maximum absolute atomic E-state index is 12.2. The summed E-state index contributed by atoms with van der Waals surface area (Å²) in [6.45, 7) is 2.75. The van der Waals surface area contributed by atoms with Gasteiger partial charge in [0.1, 0.15) is 6.07 Å². The first-order valence-electron chi connectivity index (χ1n) is 7.82. The Morgan fingerprint density at radius 2 is 2.04 bits per heavy atom. The molecule has 7 nitrogen and oxygen atoms in total. The lowest BCUT2D eigenvalue weighted by molar-refractivity contribution is -0.384. The van der Waals surface area contributed by atoms with Gasteiger partial charge in [0.15, 0.2) is 0 Å². The molecule has 23 heavy (non-hydrogen) atoms. The summed E-state index contributed by atoms with van der Waals surface area (Å²) in [6.07, 6.45) is 2.83. The van der Waals surface area contributed by atoms with E-state index in [-0.39, 0.29) is 17.5 Å². The third-order valence-corrected chi connectivity index (χ3v) is 4.39. The molecule has 1 aliphatic heterocycles. The summed E-state index contributed by atoms with van der Waals surface area (Å²) in [5.41, 5.74) is 0.936. The van der Waals surface area contributed by atoms with Crippen molar-refractivity contribution in [3.05, 3.63) is 33.9 Å². The fourth-order valence-corrected chi connectivity index (χ4v) is 2.97. The van der Waals surface area contributed by atoms with Gasteiger partial charge in [0.2, 0.25) is 5.91 Å². The molecule has 120 valence electrons. The number of benzene rings is 1. The van der Waals surface area contributed by atoms with E-state index in [2.05, 4.69) is 0 Å². The topological polar surface area (TPSA) is 90.5 Å². The summed E-state index contributed by atoms with van der Waals surface area (Å²) in [7, 11) is 0. The van der Waals surface area contributed by atoms with Crippen molar-refractivity contribution in [3.63, 3.8) is 0 Å². The van der Waals surface area contributed by atoms with Gasteiger partial charge in [-0.15, -0.1) is 0 Å². The number of nitro benzene ring substituents is 1. The average Bonchev–Trinajstić information content (AvgIpc) is 3.40. The highest BCUT2D eigenvalue weighted by molar-refractivity contribution is 5.81. The summed E-state index contributed by atoms with van der Waals surface area (Å²) in [5.74, 6) is 0.464. The van der Waals surface area contributed by atoms with Crippen molar-refractivity contribution in [3.8, 4) is 6.07 Å². The van der Waals surface area contributed by atoms with Gasteiger partial charge in [-0.3, -0.25) is 14.9 Å². The molecule has 0 aromatic heterocycles. The van der Waals surface area contributed by atoms with Crippen molar-refractivity contribution >= 4 is 17.3 Å². The highest BCUT2D eigenvalue weighted by Gasteiger charge is 2.34. The van der Waals surface area contributed by atoms with Crippen LogP contribution in [0.4, 0.5) is 11.4 Å². The highest BCUT2D eigenvalue weighted by Crippen LogP contribution is 2.32. The summed E-state index contributed by atoms with van der Waals surface area (Å²) in [6, 6.07) is 6.42. The molecule has 1 aliphatic carbocycles. The van der Waals surface area contributed by atoms with Gasteiger partial charge in [-0.2, -0.15) is 5.26 Å². The van der Waals surface area contributed by atoms with Crippen molar-refractivity contribution < 1.29 is 9.72 Å². The van der Waals surface area contributed by atoms with Gasteiger partial charge in [0, 0.05) is 44.2 Å². The molecule has 3 rings (SSSR count). The Morgan fingerprint density at radius 3 is 2.70 bits per heavy atom. The molecule has 1 heterocycles. The molecule has 1 saturated carbocycles. The van der Waals surface area contributed by atoms with Crippen LogP contribution in [0.15, 0.2) is 18.2 Å². The minimum absolute atomic E-state index is 0.0781. The van der Waals surface area contributed by atoms with Crippen LogP contribution >= 0.6 is 0 Å². The number of hydrogen-bond acceptors (Lipinski definition) is 5. The number of anilines is 1. The average molecular weight is 314 g/mol. The number of nitro groups is 1. The van der Waals surface area contributed by atoms with E-state index in [1.807, 2.05) is 15.9 Å². The van der Waals surface area contributed by atoms with Crippen molar-refractivity contribution in [1.29, 1.82) is 5.26 Å². The summed E-state index contributed by atoms with van der Waals surface area (Å²) in [5, 5.41) is 20.1. The van der Waals surface area contributed by atoms with Crippen LogP contribution in [0.3, 0.4) is 0 Å². The Hall–Kier alpha value is -2.62. The van der Waals surface area contributed by atoms with E-state index >= 15 is 0 Å². The maximum atomic E-state index is 12.2. The van der Waals surface area contributed by atoms with Gasteiger partial charge in [-0.1, -0.05) is 0 Å². The second kappa shape index (κ2) is 6.24. The van der Waals surface area contributed by atoms with Crippen molar-refractivity contribution in [2.24, 2.45) is 5.92 Å². The maximum Gasteiger partial charge on any atom is 0.270 e. The third kappa shape index (κ3) is 3.26. The zero-order chi connectivity index (χ0) is 16.4. The molecule has 2 fully saturated rings. The highest BCUT2D eigenvalue weighted by atomic mass is 16.6. The van der Waals surface area contributed by atoms with E-state index in [0.717, 1.165) is 32.4 Å². The van der Waals surface area contributed by atoms with Crippen LogP contribution < -0.4 is 4.90 Å². The van der Waals surface area contributed by atoms with Gasteiger partial charge in [0.05, 0.1) is 16.2 Å². The van der Waals surface area contributed by atoms with Crippen LogP contribution in [0.25, 0.3) is 0 Å². The normalized spacial score (nSPS) is 18.2. The molecule has 0 spiro atoms. The van der Waals surface area contributed by atoms with Crippen molar-refractivity contribution in [1.82, 2.24) is 4.90 Å². The first-order valence-corrected chi connectivity index (χ1v) is 7.82. The molecule has 0 bridgehead atoms. The second-order valence-electron chi connectivity index (χ2n) is 6.01. The van der Waals surface area contributed by atoms with E-state index < -0.39 is 4.92 Å². The lowest BCUT2D eigenvalue weighted by Gasteiger charge is -2.24. The van der Waals surface area contributed by atoms with Crippen molar-refractivity contribution in [2.45, 2.75) is 19.3 Å². The quantitative estimate of drug-likeness (QED) is 0.628. The molecule has 1 aromatic carbocycles. The predicted octanol–water partition coefficient (Wildman–Crippen LogP) is 1.92. The van der Waals surface area contributed by atoms with Crippen molar-refractivity contribution in [2.75, 3.05) is 31.1 Å². The molecule has 0 atom stereocenters. The van der Waals surface area contributed by atoms with Crippen LogP contribution in [-0.2, 0) is 4.79 Å². The molecular weight excluding hydrogens is 296 g/mol. The third-order valence-electron chi connectivity index (χ3n) is 4.39. The van der Waals surface area contributed by atoms with Gasteiger partial charge in [-0.25, -0.2) is 0 Å². The fourth-order valence-electron chi connectivity index (χ4n) is 2.97. The standard InChI is InChI=1S/C16H18N4O3/c17-11-13-10-14(20(22)23)4-5-15(13)18-6-1-7-19(9-8-18)16(21)12-2-3-12/h4-5,10,12H,1-3,6-9H2. The number of hydrogen-bond donors (Lipinski definition) is 0. The predicted molar refractivity (Wildman–Crippen MR) is 83.9 cm³/mol. The first-order chi connectivity index (χ1) is 11.1. The Bertz CT molecular complexity index is 678. The lowest BCUT2D eigenvalue weighted by Crippen LogP contribution is -2.36. The van der Waals surface area contributed by atoms with Gasteiger partial charge in [0.25, 0.3) is 5.69 Å². The van der Waals surface area contributed by atoms with E-state index in [1.165, 1.54) is 12.1 Å². The number of amides is 1. The fraction of sp³-hybridized carbons (Fsp3) is 0.500. The summed E-state index contributed by atoms with van der Waals surface area (Å²) >= 11 is 0. The van der Waals surface area contributed by atoms with E-state index in [1.54, 1.807) is 6.07 Å². The molecule has 0 unspecified atom stereocenters. The summed E-state index contributed by atoms with van der Waals surface area (Å²) in [4.78, 5) is 26.5. The SMILES string of the molecule is N#Cc1cc([N+](=O)[O-])ccc1N1CCCN(C(=O)C2CC2)CC1. The molecular formula is C16H18N4O3. The van der Waals surface area contributed by atoms with E-state index in [0.29, 0.717) is 24.3 Å². The van der Waals surface area contributed by atoms with Crippen LogP contribution in [0.1, 0.15) is 24.8 Å². The lowest BCUT2D eigenvalue weighted by atomic mass is 10.1. The molecule has 1 saturated heterocycles. The number of nitriles is 1. The molecule has 7 heteroatoms. The number of rotatable bonds is 3. The van der Waals surface area contributed by atoms with Crippen LogP contribution in [0, 0.1) is 27.4 Å².